The number of rotatable bonds is 1. The van der Waals surface area contributed by atoms with Crippen LogP contribution in [-0.4, -0.2) is 9.97 Å². The highest BCUT2D eigenvalue weighted by molar-refractivity contribution is 9.10. The second kappa shape index (κ2) is 4.45. The van der Waals surface area contributed by atoms with Crippen LogP contribution in [0.25, 0.3) is 11.4 Å². The maximum atomic E-state index is 5.85. The summed E-state index contributed by atoms with van der Waals surface area (Å²) in [5.74, 6) is 1.16. The van der Waals surface area contributed by atoms with Gasteiger partial charge in [-0.15, -0.1) is 0 Å². The number of hydrogen-bond acceptors (Lipinski definition) is 3. The molecule has 0 fully saturated rings. The van der Waals surface area contributed by atoms with Crippen LogP contribution in [0.5, 0.6) is 0 Å². The average molecular weight is 292 g/mol. The van der Waals surface area contributed by atoms with Crippen LogP contribution >= 0.6 is 15.9 Å². The molecule has 0 aliphatic carbocycles. The van der Waals surface area contributed by atoms with E-state index in [0.717, 1.165) is 21.3 Å². The number of aromatic nitrogens is 2. The van der Waals surface area contributed by atoms with Gasteiger partial charge in [0.2, 0.25) is 0 Å². The number of anilines is 1. The first-order valence-electron chi connectivity index (χ1n) is 5.36. The Bertz CT molecular complexity index is 556. The number of nitrogens with zero attached hydrogens (tertiary/aromatic N) is 2. The van der Waals surface area contributed by atoms with Crippen LogP contribution in [0.2, 0.25) is 0 Å². The van der Waals surface area contributed by atoms with Gasteiger partial charge in [-0.1, -0.05) is 17.7 Å². The number of halogens is 1. The van der Waals surface area contributed by atoms with Gasteiger partial charge in [0.1, 0.15) is 5.82 Å². The fraction of sp³-hybridized carbons (Fsp3) is 0.231. The van der Waals surface area contributed by atoms with Gasteiger partial charge in [0.05, 0.1) is 10.2 Å². The number of benzene rings is 1. The quantitative estimate of drug-likeness (QED) is 0.876. The average Bonchev–Trinajstić information content (AvgIpc) is 2.28. The van der Waals surface area contributed by atoms with E-state index in [9.17, 15) is 0 Å². The van der Waals surface area contributed by atoms with Crippen molar-refractivity contribution in [2.75, 3.05) is 5.73 Å². The van der Waals surface area contributed by atoms with E-state index in [4.69, 9.17) is 5.73 Å². The summed E-state index contributed by atoms with van der Waals surface area (Å²) in [7, 11) is 0. The zero-order chi connectivity index (χ0) is 12.6. The molecule has 4 heteroatoms. The smallest absolute Gasteiger partial charge is 0.162 e. The van der Waals surface area contributed by atoms with Crippen molar-refractivity contribution in [3.05, 3.63) is 39.5 Å². The van der Waals surface area contributed by atoms with E-state index >= 15 is 0 Å². The lowest BCUT2D eigenvalue weighted by atomic mass is 10.1. The molecule has 2 aromatic rings. The van der Waals surface area contributed by atoms with Gasteiger partial charge in [0, 0.05) is 5.56 Å². The summed E-state index contributed by atoms with van der Waals surface area (Å²) in [6.45, 7) is 6.01. The molecule has 0 saturated heterocycles. The van der Waals surface area contributed by atoms with E-state index in [-0.39, 0.29) is 0 Å². The van der Waals surface area contributed by atoms with Crippen molar-refractivity contribution < 1.29 is 0 Å². The SMILES string of the molecule is Cc1ccc(C)c(-c2nc(C)c(Br)c(N)n2)c1. The molecule has 17 heavy (non-hydrogen) atoms. The molecule has 1 aromatic carbocycles. The van der Waals surface area contributed by atoms with Gasteiger partial charge in [-0.25, -0.2) is 9.97 Å². The molecule has 0 radical (unpaired) electrons. The predicted octanol–water partition coefficient (Wildman–Crippen LogP) is 3.41. The summed E-state index contributed by atoms with van der Waals surface area (Å²) >= 11 is 3.37. The third-order valence-electron chi connectivity index (χ3n) is 2.68. The normalized spacial score (nSPS) is 10.6. The minimum atomic E-state index is 0.480. The monoisotopic (exact) mass is 291 g/mol. The van der Waals surface area contributed by atoms with E-state index in [1.54, 1.807) is 0 Å². The molecule has 0 aliphatic heterocycles. The Morgan fingerprint density at radius 3 is 2.47 bits per heavy atom. The molecule has 1 heterocycles. The first-order chi connectivity index (χ1) is 7.99. The lowest BCUT2D eigenvalue weighted by Gasteiger charge is -2.09. The summed E-state index contributed by atoms with van der Waals surface area (Å²) < 4.78 is 0.770. The Morgan fingerprint density at radius 2 is 1.82 bits per heavy atom. The zero-order valence-electron chi connectivity index (χ0n) is 10.1. The molecule has 2 rings (SSSR count). The number of nitrogens with two attached hydrogens (primary N) is 1. The highest BCUT2D eigenvalue weighted by atomic mass is 79.9. The van der Waals surface area contributed by atoms with Crippen molar-refractivity contribution in [3.8, 4) is 11.4 Å². The van der Waals surface area contributed by atoms with Crippen LogP contribution in [0.1, 0.15) is 16.8 Å². The molecule has 0 atom stereocenters. The maximum Gasteiger partial charge on any atom is 0.162 e. The molecule has 0 bridgehead atoms. The fourth-order valence-corrected chi connectivity index (χ4v) is 1.86. The van der Waals surface area contributed by atoms with Gasteiger partial charge in [-0.2, -0.15) is 0 Å². The van der Waals surface area contributed by atoms with Crippen molar-refractivity contribution in [3.63, 3.8) is 0 Å². The van der Waals surface area contributed by atoms with E-state index in [1.165, 1.54) is 5.56 Å². The van der Waals surface area contributed by atoms with Gasteiger partial charge in [-0.05, 0) is 48.3 Å². The molecule has 1 aromatic heterocycles. The van der Waals surface area contributed by atoms with Crippen molar-refractivity contribution in [2.45, 2.75) is 20.8 Å². The first-order valence-corrected chi connectivity index (χ1v) is 6.15. The summed E-state index contributed by atoms with van der Waals surface area (Å²) in [5.41, 5.74) is 10.1. The lowest BCUT2D eigenvalue weighted by molar-refractivity contribution is 1.10. The lowest BCUT2D eigenvalue weighted by Crippen LogP contribution is -2.01. The molecule has 3 nitrogen and oxygen atoms in total. The molecule has 0 spiro atoms. The maximum absolute atomic E-state index is 5.85. The van der Waals surface area contributed by atoms with Gasteiger partial charge < -0.3 is 5.73 Å². The van der Waals surface area contributed by atoms with Crippen molar-refractivity contribution in [1.82, 2.24) is 9.97 Å². The zero-order valence-corrected chi connectivity index (χ0v) is 11.7. The fourth-order valence-electron chi connectivity index (χ4n) is 1.68. The van der Waals surface area contributed by atoms with Crippen LogP contribution < -0.4 is 5.73 Å². The molecular formula is C13H14BrN3. The van der Waals surface area contributed by atoms with Crippen LogP contribution in [0, 0.1) is 20.8 Å². The van der Waals surface area contributed by atoms with Gasteiger partial charge in [0.15, 0.2) is 5.82 Å². The number of aryl methyl sites for hydroxylation is 3. The van der Waals surface area contributed by atoms with E-state index < -0.39 is 0 Å². The van der Waals surface area contributed by atoms with Crippen LogP contribution in [0.3, 0.4) is 0 Å². The Kier molecular flexibility index (Phi) is 3.15. The van der Waals surface area contributed by atoms with Crippen molar-refractivity contribution in [1.29, 1.82) is 0 Å². The Balaban J connectivity index is 2.64. The number of nitrogen functional groups attached to an aromatic ring is 1. The molecule has 0 saturated carbocycles. The largest absolute Gasteiger partial charge is 0.383 e. The molecule has 88 valence electrons. The highest BCUT2D eigenvalue weighted by Gasteiger charge is 2.10. The summed E-state index contributed by atoms with van der Waals surface area (Å²) in [5, 5.41) is 0. The second-order valence-corrected chi connectivity index (χ2v) is 4.94. The topological polar surface area (TPSA) is 51.8 Å². The van der Waals surface area contributed by atoms with Crippen molar-refractivity contribution in [2.24, 2.45) is 0 Å². The standard InChI is InChI=1S/C13H14BrN3/c1-7-4-5-8(2)10(6-7)13-16-9(3)11(14)12(15)17-13/h4-6H,1-3H3,(H2,15,16,17). The minimum Gasteiger partial charge on any atom is -0.383 e. The van der Waals surface area contributed by atoms with Gasteiger partial charge in [-0.3, -0.25) is 0 Å². The third-order valence-corrected chi connectivity index (χ3v) is 3.66. The molecular weight excluding hydrogens is 278 g/mol. The summed E-state index contributed by atoms with van der Waals surface area (Å²) in [4.78, 5) is 8.79. The van der Waals surface area contributed by atoms with Crippen LogP contribution in [0.4, 0.5) is 5.82 Å². The number of hydrogen-bond donors (Lipinski definition) is 1. The third kappa shape index (κ3) is 2.31. The van der Waals surface area contributed by atoms with Crippen molar-refractivity contribution >= 4 is 21.7 Å². The minimum absolute atomic E-state index is 0.480. The van der Waals surface area contributed by atoms with E-state index in [0.29, 0.717) is 11.6 Å². The Hall–Kier alpha value is -1.42. The van der Waals surface area contributed by atoms with Gasteiger partial charge in [0.25, 0.3) is 0 Å². The molecule has 0 aliphatic rings. The van der Waals surface area contributed by atoms with Crippen LogP contribution in [-0.2, 0) is 0 Å². The van der Waals surface area contributed by atoms with Gasteiger partial charge >= 0.3 is 0 Å². The summed E-state index contributed by atoms with van der Waals surface area (Å²) in [6.07, 6.45) is 0. The van der Waals surface area contributed by atoms with E-state index in [1.807, 2.05) is 13.8 Å². The second-order valence-electron chi connectivity index (χ2n) is 4.15. The molecule has 2 N–H and O–H groups in total. The van der Waals surface area contributed by atoms with Crippen LogP contribution in [0.15, 0.2) is 22.7 Å². The predicted molar refractivity (Wildman–Crippen MR) is 73.8 cm³/mol. The molecule has 0 unspecified atom stereocenters. The Morgan fingerprint density at radius 1 is 1.12 bits per heavy atom. The Labute approximate surface area is 109 Å². The molecule has 0 amide bonds. The van der Waals surface area contributed by atoms with E-state index in [2.05, 4.69) is 51.0 Å². The summed E-state index contributed by atoms with van der Waals surface area (Å²) in [6, 6.07) is 6.23. The first kappa shape index (κ1) is 12.0. The highest BCUT2D eigenvalue weighted by Crippen LogP contribution is 2.26.